The van der Waals surface area contributed by atoms with E-state index >= 15 is 0 Å². The van der Waals surface area contributed by atoms with Crippen LogP contribution in [0.15, 0.2) is 47.9 Å². The van der Waals surface area contributed by atoms with Gasteiger partial charge in [0.25, 0.3) is 0 Å². The molecule has 1 saturated heterocycles. The third-order valence-corrected chi connectivity index (χ3v) is 9.37. The molecular weight excluding hydrogens is 612 g/mol. The third-order valence-electron chi connectivity index (χ3n) is 6.83. The molecule has 1 aliphatic rings. The number of rotatable bonds is 11. The molecule has 220 valence electrons. The molecule has 1 unspecified atom stereocenters. The minimum Gasteiger partial charge on any atom is -0.485 e. The van der Waals surface area contributed by atoms with Crippen molar-refractivity contribution in [3.63, 3.8) is 0 Å². The summed E-state index contributed by atoms with van der Waals surface area (Å²) in [5.41, 5.74) is 2.85. The molecule has 0 radical (unpaired) electrons. The molecule has 14 heteroatoms. The van der Waals surface area contributed by atoms with Crippen molar-refractivity contribution < 1.29 is 17.9 Å². The van der Waals surface area contributed by atoms with Gasteiger partial charge in [0.1, 0.15) is 18.2 Å². The predicted molar refractivity (Wildman–Crippen MR) is 159 cm³/mol. The Balaban J connectivity index is 1.33. The van der Waals surface area contributed by atoms with Gasteiger partial charge in [-0.15, -0.1) is 5.10 Å². The second-order valence-electron chi connectivity index (χ2n) is 10.2. The highest BCUT2D eigenvalue weighted by molar-refractivity contribution is 9.08. The normalized spacial score (nSPS) is 16.0. The summed E-state index contributed by atoms with van der Waals surface area (Å²) in [6.07, 6.45) is 6.14. The Bertz CT molecular complexity index is 1600. The van der Waals surface area contributed by atoms with E-state index in [0.717, 1.165) is 11.1 Å². The number of anilines is 1. The van der Waals surface area contributed by atoms with E-state index in [1.807, 2.05) is 40.0 Å². The lowest BCUT2D eigenvalue weighted by molar-refractivity contribution is 0.0160. The number of aromatic nitrogens is 6. The minimum absolute atomic E-state index is 0.0212. The molecule has 0 amide bonds. The fourth-order valence-corrected chi connectivity index (χ4v) is 6.67. The molecule has 3 aromatic heterocycles. The Labute approximate surface area is 248 Å². The average Bonchev–Trinajstić information content (AvgIpc) is 3.61. The molecule has 1 aliphatic heterocycles. The van der Waals surface area contributed by atoms with Crippen molar-refractivity contribution in [2.24, 2.45) is 0 Å². The number of ether oxygens (including phenoxy) is 2. The topological polar surface area (TPSA) is 129 Å². The van der Waals surface area contributed by atoms with Crippen LogP contribution in [0.3, 0.4) is 0 Å². The second kappa shape index (κ2) is 12.4. The summed E-state index contributed by atoms with van der Waals surface area (Å²) in [4.78, 5) is 9.68. The number of fused-ring (bicyclic) bond motifs is 1. The summed E-state index contributed by atoms with van der Waals surface area (Å²) in [5.74, 6) is 0.947. The lowest BCUT2D eigenvalue weighted by Gasteiger charge is -2.31. The molecule has 0 aliphatic carbocycles. The van der Waals surface area contributed by atoms with Gasteiger partial charge in [0, 0.05) is 42.8 Å². The molecule has 4 heterocycles. The zero-order valence-electron chi connectivity index (χ0n) is 23.6. The lowest BCUT2D eigenvalue weighted by atomic mass is 10.1. The van der Waals surface area contributed by atoms with Crippen LogP contribution in [0, 0.1) is 0 Å². The van der Waals surface area contributed by atoms with Crippen LogP contribution in [0.4, 0.5) is 5.95 Å². The Morgan fingerprint density at radius 1 is 1.20 bits per heavy atom. The molecular formula is C27H35BrN8O4S. The first-order valence-electron chi connectivity index (χ1n) is 13.7. The van der Waals surface area contributed by atoms with Gasteiger partial charge in [0.15, 0.2) is 5.75 Å². The van der Waals surface area contributed by atoms with Crippen molar-refractivity contribution >= 4 is 37.5 Å². The molecule has 0 spiro atoms. The number of hydrogen-bond donors (Lipinski definition) is 1. The first-order valence-corrected chi connectivity index (χ1v) is 16.3. The van der Waals surface area contributed by atoms with Crippen molar-refractivity contribution in [3.05, 3.63) is 48.5 Å². The molecule has 5 rings (SSSR count). The number of hydrogen-bond acceptors (Lipinski definition) is 9. The van der Waals surface area contributed by atoms with E-state index in [9.17, 15) is 8.42 Å². The van der Waals surface area contributed by atoms with Crippen molar-refractivity contribution in [3.8, 4) is 17.0 Å². The van der Waals surface area contributed by atoms with Crippen LogP contribution >= 0.6 is 15.9 Å². The van der Waals surface area contributed by atoms with E-state index in [-0.39, 0.29) is 18.4 Å². The Morgan fingerprint density at radius 2 is 1.98 bits per heavy atom. The summed E-state index contributed by atoms with van der Waals surface area (Å²) in [5, 5.41) is 13.0. The monoisotopic (exact) mass is 646 g/mol. The molecule has 1 N–H and O–H groups in total. The third kappa shape index (κ3) is 6.40. The lowest BCUT2D eigenvalue weighted by Crippen LogP contribution is -2.42. The quantitative estimate of drug-likeness (QED) is 0.234. The van der Waals surface area contributed by atoms with Gasteiger partial charge in [0.05, 0.1) is 17.2 Å². The zero-order chi connectivity index (χ0) is 29.1. The Morgan fingerprint density at radius 3 is 2.68 bits per heavy atom. The first kappa shape index (κ1) is 29.4. The van der Waals surface area contributed by atoms with Crippen LogP contribution in [0.25, 0.3) is 16.9 Å². The van der Waals surface area contributed by atoms with Gasteiger partial charge in [-0.3, -0.25) is 0 Å². The molecule has 4 aromatic rings. The van der Waals surface area contributed by atoms with E-state index in [1.165, 1.54) is 0 Å². The summed E-state index contributed by atoms with van der Waals surface area (Å²) in [6.45, 7) is 9.16. The van der Waals surface area contributed by atoms with Gasteiger partial charge in [-0.2, -0.15) is 18.9 Å². The molecule has 12 nitrogen and oxygen atoms in total. The highest BCUT2D eigenvalue weighted by atomic mass is 79.9. The molecule has 41 heavy (non-hydrogen) atoms. The van der Waals surface area contributed by atoms with Crippen LogP contribution in [0.1, 0.15) is 52.3 Å². The Kier molecular flexibility index (Phi) is 8.92. The van der Waals surface area contributed by atoms with Gasteiger partial charge < -0.3 is 14.8 Å². The number of nitrogens with zero attached hydrogens (tertiary/aromatic N) is 7. The molecule has 0 saturated carbocycles. The molecule has 1 aromatic carbocycles. The number of alkyl halides is 1. The van der Waals surface area contributed by atoms with Gasteiger partial charge in [-0.05, 0) is 58.2 Å². The van der Waals surface area contributed by atoms with E-state index in [0.29, 0.717) is 65.8 Å². The maximum absolute atomic E-state index is 13.2. The smallest absolute Gasteiger partial charge is 0.243 e. The Hall–Kier alpha value is -3.07. The zero-order valence-corrected chi connectivity index (χ0v) is 26.0. The molecule has 1 fully saturated rings. The summed E-state index contributed by atoms with van der Waals surface area (Å²) < 4.78 is 43.1. The standard InChI is InChI=1S/C27H35BrN8O4S/c1-5-39-19(4)35-16-21(15-30-35)24-25(40-18(2)3)26-32-27(33-36(26)17-29-24)31-22-9-11-34(12-10-22)41(37,38)23-8-6-7-20(13-23)14-28/h6-8,13,15-19,22H,5,9-12,14H2,1-4H3,(H,31,33). The maximum Gasteiger partial charge on any atom is 0.243 e. The van der Waals surface area contributed by atoms with Crippen LogP contribution in [0.5, 0.6) is 5.75 Å². The minimum atomic E-state index is -3.56. The number of piperidine rings is 1. The van der Waals surface area contributed by atoms with Crippen LogP contribution in [-0.2, 0) is 20.1 Å². The molecule has 1 atom stereocenters. The molecule has 0 bridgehead atoms. The van der Waals surface area contributed by atoms with Gasteiger partial charge in [0.2, 0.25) is 21.6 Å². The van der Waals surface area contributed by atoms with Gasteiger partial charge in [-0.25, -0.2) is 18.1 Å². The highest BCUT2D eigenvalue weighted by Gasteiger charge is 2.30. The highest BCUT2D eigenvalue weighted by Crippen LogP contribution is 2.33. The number of nitrogens with one attached hydrogen (secondary N) is 1. The van der Waals surface area contributed by atoms with Crippen LogP contribution in [-0.4, -0.2) is 73.9 Å². The van der Waals surface area contributed by atoms with Crippen molar-refractivity contribution in [1.29, 1.82) is 0 Å². The largest absolute Gasteiger partial charge is 0.485 e. The van der Waals surface area contributed by atoms with E-state index in [2.05, 4.69) is 36.4 Å². The summed E-state index contributed by atoms with van der Waals surface area (Å²) >= 11 is 3.40. The summed E-state index contributed by atoms with van der Waals surface area (Å²) in [7, 11) is -3.56. The number of halogens is 1. The first-order chi connectivity index (χ1) is 19.7. The second-order valence-corrected chi connectivity index (χ2v) is 12.7. The fourth-order valence-electron chi connectivity index (χ4n) is 4.78. The average molecular weight is 648 g/mol. The predicted octanol–water partition coefficient (Wildman–Crippen LogP) is 4.49. The van der Waals surface area contributed by atoms with Gasteiger partial charge in [-0.1, -0.05) is 28.1 Å². The van der Waals surface area contributed by atoms with Crippen molar-refractivity contribution in [1.82, 2.24) is 33.7 Å². The van der Waals surface area contributed by atoms with Gasteiger partial charge >= 0.3 is 0 Å². The SMILES string of the molecule is CCOC(C)n1cc(-c2ncn3nc(NC4CCN(S(=O)(=O)c5cccc(CBr)c5)CC4)nc3c2OC(C)C)cn1. The van der Waals surface area contributed by atoms with E-state index < -0.39 is 10.0 Å². The fraction of sp³-hybridized carbons (Fsp3) is 0.481. The summed E-state index contributed by atoms with van der Waals surface area (Å²) in [6, 6.07) is 7.07. The maximum atomic E-state index is 13.2. The van der Waals surface area contributed by atoms with Crippen molar-refractivity contribution in [2.75, 3.05) is 25.0 Å². The number of sulfonamides is 1. The number of benzene rings is 1. The van der Waals surface area contributed by atoms with E-state index in [4.69, 9.17) is 14.5 Å². The van der Waals surface area contributed by atoms with Crippen LogP contribution in [0.2, 0.25) is 0 Å². The van der Waals surface area contributed by atoms with Crippen molar-refractivity contribution in [2.45, 2.75) is 69.1 Å². The van der Waals surface area contributed by atoms with E-state index in [1.54, 1.807) is 44.2 Å². The van der Waals surface area contributed by atoms with Crippen LogP contribution < -0.4 is 10.1 Å².